The molecular formula is C21H25N. The van der Waals surface area contributed by atoms with Crippen molar-refractivity contribution in [1.82, 2.24) is 0 Å². The third kappa shape index (κ3) is 1.91. The van der Waals surface area contributed by atoms with Crippen LogP contribution in [0.3, 0.4) is 0 Å². The van der Waals surface area contributed by atoms with E-state index < -0.39 is 0 Å². The van der Waals surface area contributed by atoms with Crippen molar-refractivity contribution in [2.75, 3.05) is 0 Å². The SMILES string of the molecule is CC1(C)C2=C(C=CCC2)C2=CC(C3C=CC=CC3)=C(N)CC21. The fourth-order valence-corrected chi connectivity index (χ4v) is 4.69. The lowest BCUT2D eigenvalue weighted by Crippen LogP contribution is -2.27. The maximum Gasteiger partial charge on any atom is 0.0126 e. The van der Waals surface area contributed by atoms with E-state index in [9.17, 15) is 0 Å². The molecule has 0 fully saturated rings. The maximum atomic E-state index is 6.52. The average molecular weight is 291 g/mol. The van der Waals surface area contributed by atoms with Gasteiger partial charge < -0.3 is 5.73 Å². The monoisotopic (exact) mass is 291 g/mol. The molecule has 0 amide bonds. The molecule has 0 aromatic heterocycles. The second kappa shape index (κ2) is 4.87. The predicted molar refractivity (Wildman–Crippen MR) is 93.0 cm³/mol. The fraction of sp³-hybridized carbons (Fsp3) is 0.429. The van der Waals surface area contributed by atoms with Crippen LogP contribution in [0.2, 0.25) is 0 Å². The largest absolute Gasteiger partial charge is 0.402 e. The minimum absolute atomic E-state index is 0.254. The van der Waals surface area contributed by atoms with Crippen LogP contribution in [0.15, 0.2) is 70.5 Å². The normalized spacial score (nSPS) is 32.2. The molecule has 0 saturated carbocycles. The molecule has 0 aromatic rings. The van der Waals surface area contributed by atoms with E-state index >= 15 is 0 Å². The second-order valence-electron chi connectivity index (χ2n) is 7.55. The molecule has 0 aromatic carbocycles. The van der Waals surface area contributed by atoms with E-state index in [-0.39, 0.29) is 5.41 Å². The minimum Gasteiger partial charge on any atom is -0.402 e. The van der Waals surface area contributed by atoms with Gasteiger partial charge in [-0.25, -0.2) is 0 Å². The summed E-state index contributed by atoms with van der Waals surface area (Å²) in [6.07, 6.45) is 20.5. The van der Waals surface area contributed by atoms with Crippen LogP contribution in [0.4, 0.5) is 0 Å². The molecule has 4 aliphatic carbocycles. The van der Waals surface area contributed by atoms with Crippen LogP contribution >= 0.6 is 0 Å². The highest BCUT2D eigenvalue weighted by Gasteiger charge is 2.45. The van der Waals surface area contributed by atoms with Gasteiger partial charge in [0.05, 0.1) is 0 Å². The predicted octanol–water partition coefficient (Wildman–Crippen LogP) is 4.96. The van der Waals surface area contributed by atoms with Crippen molar-refractivity contribution in [2.24, 2.45) is 23.0 Å². The Labute approximate surface area is 133 Å². The number of rotatable bonds is 1. The van der Waals surface area contributed by atoms with Gasteiger partial charge in [-0.15, -0.1) is 0 Å². The molecule has 1 heteroatoms. The zero-order chi connectivity index (χ0) is 15.3. The molecule has 2 unspecified atom stereocenters. The zero-order valence-corrected chi connectivity index (χ0v) is 13.6. The smallest absolute Gasteiger partial charge is 0.0126 e. The van der Waals surface area contributed by atoms with Gasteiger partial charge in [0, 0.05) is 11.6 Å². The van der Waals surface area contributed by atoms with Gasteiger partial charge in [-0.05, 0) is 53.7 Å². The Bertz CT molecular complexity index is 691. The molecule has 0 saturated heterocycles. The van der Waals surface area contributed by atoms with Crippen LogP contribution in [-0.4, -0.2) is 0 Å². The summed E-state index contributed by atoms with van der Waals surface area (Å²) in [5, 5.41) is 0. The molecule has 4 rings (SSSR count). The molecular weight excluding hydrogens is 266 g/mol. The lowest BCUT2D eigenvalue weighted by Gasteiger charge is -2.35. The molecule has 0 bridgehead atoms. The second-order valence-corrected chi connectivity index (χ2v) is 7.55. The van der Waals surface area contributed by atoms with Crippen LogP contribution in [0.5, 0.6) is 0 Å². The standard InChI is InChI=1S/C21H25N/c1-21(2)18-11-7-6-10-15(18)17-12-16(20(22)13-19(17)21)14-8-4-3-5-9-14/h3-6,8,10,12,14,19H,7,9,11,13,22H2,1-2H3. The van der Waals surface area contributed by atoms with E-state index in [1.807, 2.05) is 0 Å². The van der Waals surface area contributed by atoms with Crippen molar-refractivity contribution in [3.63, 3.8) is 0 Å². The first kappa shape index (κ1) is 13.9. The molecule has 4 aliphatic rings. The summed E-state index contributed by atoms with van der Waals surface area (Å²) in [5.41, 5.74) is 13.9. The number of nitrogens with two attached hydrogens (primary N) is 1. The lowest BCUT2D eigenvalue weighted by molar-refractivity contribution is 0.314. The first-order chi connectivity index (χ1) is 10.6. The van der Waals surface area contributed by atoms with Gasteiger partial charge in [0.2, 0.25) is 0 Å². The van der Waals surface area contributed by atoms with Gasteiger partial charge in [0.1, 0.15) is 0 Å². The molecule has 2 atom stereocenters. The summed E-state index contributed by atoms with van der Waals surface area (Å²) < 4.78 is 0. The Hall–Kier alpha value is -1.76. The fourth-order valence-electron chi connectivity index (χ4n) is 4.69. The van der Waals surface area contributed by atoms with Crippen molar-refractivity contribution < 1.29 is 0 Å². The first-order valence-corrected chi connectivity index (χ1v) is 8.53. The number of fused-ring (bicyclic) bond motifs is 2. The summed E-state index contributed by atoms with van der Waals surface area (Å²) >= 11 is 0. The van der Waals surface area contributed by atoms with Gasteiger partial charge in [0.25, 0.3) is 0 Å². The van der Waals surface area contributed by atoms with Crippen LogP contribution in [-0.2, 0) is 0 Å². The van der Waals surface area contributed by atoms with Crippen molar-refractivity contribution in [3.8, 4) is 0 Å². The molecule has 0 spiro atoms. The summed E-state index contributed by atoms with van der Waals surface area (Å²) in [5.74, 6) is 1.02. The summed E-state index contributed by atoms with van der Waals surface area (Å²) in [4.78, 5) is 0. The molecule has 0 heterocycles. The maximum absolute atomic E-state index is 6.52. The Balaban J connectivity index is 1.78. The summed E-state index contributed by atoms with van der Waals surface area (Å²) in [6.45, 7) is 4.82. The van der Waals surface area contributed by atoms with Gasteiger partial charge in [-0.2, -0.15) is 0 Å². The van der Waals surface area contributed by atoms with E-state index in [1.165, 1.54) is 24.0 Å². The van der Waals surface area contributed by atoms with Gasteiger partial charge >= 0.3 is 0 Å². The average Bonchev–Trinajstić information content (AvgIpc) is 2.76. The van der Waals surface area contributed by atoms with Crippen LogP contribution < -0.4 is 5.73 Å². The Kier molecular flexibility index (Phi) is 3.07. The Morgan fingerprint density at radius 2 is 2.05 bits per heavy atom. The van der Waals surface area contributed by atoms with E-state index in [4.69, 9.17) is 5.73 Å². The van der Waals surface area contributed by atoms with Crippen LogP contribution in [0.1, 0.15) is 39.5 Å². The van der Waals surface area contributed by atoms with Crippen LogP contribution in [0, 0.1) is 17.3 Å². The molecule has 2 N–H and O–H groups in total. The molecule has 114 valence electrons. The van der Waals surface area contributed by atoms with Gasteiger partial charge in [-0.3, -0.25) is 0 Å². The lowest BCUT2D eigenvalue weighted by atomic mass is 9.70. The van der Waals surface area contributed by atoms with Gasteiger partial charge in [-0.1, -0.05) is 62.0 Å². The third-order valence-electron chi connectivity index (χ3n) is 5.99. The number of allylic oxidation sites excluding steroid dienone is 12. The van der Waals surface area contributed by atoms with Crippen molar-refractivity contribution in [2.45, 2.75) is 39.5 Å². The van der Waals surface area contributed by atoms with E-state index in [2.05, 4.69) is 56.4 Å². The molecule has 0 radical (unpaired) electrons. The summed E-state index contributed by atoms with van der Waals surface area (Å²) in [6, 6.07) is 0. The first-order valence-electron chi connectivity index (χ1n) is 8.53. The summed E-state index contributed by atoms with van der Waals surface area (Å²) in [7, 11) is 0. The van der Waals surface area contributed by atoms with E-state index in [0.717, 1.165) is 18.5 Å². The minimum atomic E-state index is 0.254. The molecule has 0 aliphatic heterocycles. The molecule has 1 nitrogen and oxygen atoms in total. The highest BCUT2D eigenvalue weighted by Crippen LogP contribution is 2.57. The quantitative estimate of drug-likeness (QED) is 0.725. The Morgan fingerprint density at radius 3 is 2.82 bits per heavy atom. The van der Waals surface area contributed by atoms with Crippen molar-refractivity contribution in [1.29, 1.82) is 0 Å². The van der Waals surface area contributed by atoms with E-state index in [1.54, 1.807) is 11.1 Å². The zero-order valence-electron chi connectivity index (χ0n) is 13.6. The highest BCUT2D eigenvalue weighted by atomic mass is 14.6. The number of hydrogen-bond donors (Lipinski definition) is 1. The topological polar surface area (TPSA) is 26.0 Å². The highest BCUT2D eigenvalue weighted by molar-refractivity contribution is 5.59. The van der Waals surface area contributed by atoms with Gasteiger partial charge in [0.15, 0.2) is 0 Å². The van der Waals surface area contributed by atoms with Crippen molar-refractivity contribution in [3.05, 3.63) is 70.5 Å². The molecule has 22 heavy (non-hydrogen) atoms. The van der Waals surface area contributed by atoms with E-state index in [0.29, 0.717) is 11.8 Å². The Morgan fingerprint density at radius 1 is 1.18 bits per heavy atom. The third-order valence-corrected chi connectivity index (χ3v) is 5.99. The number of hydrogen-bond acceptors (Lipinski definition) is 1. The van der Waals surface area contributed by atoms with Crippen molar-refractivity contribution >= 4 is 0 Å². The van der Waals surface area contributed by atoms with Crippen LogP contribution in [0.25, 0.3) is 0 Å².